The first-order valence-electron chi connectivity index (χ1n) is 6.26. The molecule has 0 spiro atoms. The zero-order valence-corrected chi connectivity index (χ0v) is 12.5. The molecule has 20 heavy (non-hydrogen) atoms. The predicted molar refractivity (Wildman–Crippen MR) is 81.4 cm³/mol. The van der Waals surface area contributed by atoms with Crippen LogP contribution in [0.25, 0.3) is 10.4 Å². The molecule has 0 atom stereocenters. The van der Waals surface area contributed by atoms with Gasteiger partial charge in [0, 0.05) is 10.4 Å². The van der Waals surface area contributed by atoms with Crippen LogP contribution in [0.5, 0.6) is 5.75 Å². The molecule has 2 rings (SSSR count). The van der Waals surface area contributed by atoms with E-state index < -0.39 is 5.97 Å². The van der Waals surface area contributed by atoms with Crippen LogP contribution in [0.3, 0.4) is 0 Å². The van der Waals surface area contributed by atoms with E-state index in [-0.39, 0.29) is 0 Å². The zero-order valence-electron chi connectivity index (χ0n) is 11.7. The molecule has 0 aliphatic heterocycles. The number of nitrogens with two attached hydrogens (primary N) is 1. The van der Waals surface area contributed by atoms with E-state index in [2.05, 4.69) is 0 Å². The fraction of sp³-hybridized carbons (Fsp3) is 0.267. The molecule has 2 aromatic rings. The molecule has 1 aromatic heterocycles. The van der Waals surface area contributed by atoms with Gasteiger partial charge < -0.3 is 15.2 Å². The molecular formula is C15H17NO3S. The molecule has 0 saturated carbocycles. The van der Waals surface area contributed by atoms with E-state index in [1.165, 1.54) is 18.4 Å². The molecule has 106 valence electrons. The number of methoxy groups -OCH3 is 2. The summed E-state index contributed by atoms with van der Waals surface area (Å²) in [7, 11) is 2.98. The molecule has 0 amide bonds. The Morgan fingerprint density at radius 2 is 2.00 bits per heavy atom. The van der Waals surface area contributed by atoms with E-state index >= 15 is 0 Å². The van der Waals surface area contributed by atoms with Gasteiger partial charge in [0.1, 0.15) is 10.6 Å². The number of esters is 1. The Morgan fingerprint density at radius 3 is 2.60 bits per heavy atom. The molecule has 0 saturated heterocycles. The van der Waals surface area contributed by atoms with Crippen molar-refractivity contribution >= 4 is 23.0 Å². The zero-order chi connectivity index (χ0) is 14.7. The summed E-state index contributed by atoms with van der Waals surface area (Å²) in [6.07, 6.45) is 0.743. The van der Waals surface area contributed by atoms with Crippen molar-refractivity contribution in [2.24, 2.45) is 0 Å². The highest BCUT2D eigenvalue weighted by Gasteiger charge is 2.22. The molecule has 2 N–H and O–H groups in total. The van der Waals surface area contributed by atoms with Gasteiger partial charge in [0.2, 0.25) is 0 Å². The number of benzene rings is 1. The van der Waals surface area contributed by atoms with E-state index in [1.807, 2.05) is 31.2 Å². The number of nitrogen functional groups attached to an aromatic ring is 1. The number of ether oxygens (including phenoxy) is 2. The van der Waals surface area contributed by atoms with Crippen molar-refractivity contribution in [3.8, 4) is 16.2 Å². The van der Waals surface area contributed by atoms with Gasteiger partial charge in [-0.2, -0.15) is 0 Å². The van der Waals surface area contributed by atoms with E-state index in [4.69, 9.17) is 15.2 Å². The number of hydrogen-bond donors (Lipinski definition) is 1. The van der Waals surface area contributed by atoms with Crippen LogP contribution in [0.4, 0.5) is 5.69 Å². The van der Waals surface area contributed by atoms with Gasteiger partial charge in [0.15, 0.2) is 0 Å². The number of para-hydroxylation sites is 1. The first-order valence-corrected chi connectivity index (χ1v) is 7.08. The maximum Gasteiger partial charge on any atom is 0.350 e. The fourth-order valence-electron chi connectivity index (χ4n) is 2.12. The second kappa shape index (κ2) is 5.96. The highest BCUT2D eigenvalue weighted by Crippen LogP contribution is 2.42. The Balaban J connectivity index is 2.65. The average Bonchev–Trinajstić information content (AvgIpc) is 2.82. The van der Waals surface area contributed by atoms with E-state index in [9.17, 15) is 4.79 Å². The predicted octanol–water partition coefficient (Wildman–Crippen LogP) is 3.35. The molecule has 0 unspecified atom stereocenters. The summed E-state index contributed by atoms with van der Waals surface area (Å²) in [5, 5.41) is 0. The van der Waals surface area contributed by atoms with Crippen molar-refractivity contribution in [3.05, 3.63) is 34.7 Å². The van der Waals surface area contributed by atoms with Crippen molar-refractivity contribution in [2.45, 2.75) is 13.3 Å². The van der Waals surface area contributed by atoms with Gasteiger partial charge in [-0.05, 0) is 24.1 Å². The highest BCUT2D eigenvalue weighted by molar-refractivity contribution is 7.18. The number of hydrogen-bond acceptors (Lipinski definition) is 5. The SMILES string of the molecule is CCc1c(-c2ccccc2OC)sc(C(=O)OC)c1N. The lowest BCUT2D eigenvalue weighted by atomic mass is 10.1. The summed E-state index contributed by atoms with van der Waals surface area (Å²) in [4.78, 5) is 13.2. The monoisotopic (exact) mass is 291 g/mol. The molecule has 0 aliphatic rings. The van der Waals surface area contributed by atoms with E-state index in [0.29, 0.717) is 10.6 Å². The molecular weight excluding hydrogens is 274 g/mol. The maximum atomic E-state index is 11.8. The third-order valence-corrected chi connectivity index (χ3v) is 4.39. The number of rotatable bonds is 4. The second-order valence-corrected chi connectivity index (χ2v) is 5.22. The molecule has 0 bridgehead atoms. The van der Waals surface area contributed by atoms with Crippen molar-refractivity contribution in [2.75, 3.05) is 20.0 Å². The van der Waals surface area contributed by atoms with Crippen LogP contribution < -0.4 is 10.5 Å². The van der Waals surface area contributed by atoms with Gasteiger partial charge in [-0.3, -0.25) is 0 Å². The van der Waals surface area contributed by atoms with Gasteiger partial charge in [-0.1, -0.05) is 19.1 Å². The number of thiophene rings is 1. The standard InChI is InChI=1S/C15H17NO3S/c1-4-9-12(16)14(15(17)19-3)20-13(9)10-7-5-6-8-11(10)18-2/h5-8H,4,16H2,1-3H3. The van der Waals surface area contributed by atoms with Crippen molar-refractivity contribution in [3.63, 3.8) is 0 Å². The Hall–Kier alpha value is -2.01. The number of carbonyl (C=O) groups excluding carboxylic acids is 1. The maximum absolute atomic E-state index is 11.8. The largest absolute Gasteiger partial charge is 0.496 e. The third kappa shape index (κ3) is 2.36. The molecule has 1 aromatic carbocycles. The molecule has 0 aliphatic carbocycles. The van der Waals surface area contributed by atoms with Crippen LogP contribution in [0.1, 0.15) is 22.2 Å². The molecule has 5 heteroatoms. The minimum atomic E-state index is -0.400. The van der Waals surface area contributed by atoms with Gasteiger partial charge in [0.25, 0.3) is 0 Å². The van der Waals surface area contributed by atoms with Gasteiger partial charge in [-0.25, -0.2) is 4.79 Å². The summed E-state index contributed by atoms with van der Waals surface area (Å²) in [5.74, 6) is 0.364. The van der Waals surface area contributed by atoms with Gasteiger partial charge in [-0.15, -0.1) is 11.3 Å². The number of anilines is 1. The minimum Gasteiger partial charge on any atom is -0.496 e. The molecule has 0 fully saturated rings. The lowest BCUT2D eigenvalue weighted by Crippen LogP contribution is -2.02. The van der Waals surface area contributed by atoms with E-state index in [1.54, 1.807) is 7.11 Å². The molecule has 4 nitrogen and oxygen atoms in total. The van der Waals surface area contributed by atoms with Crippen LogP contribution in [-0.2, 0) is 11.2 Å². The topological polar surface area (TPSA) is 61.5 Å². The average molecular weight is 291 g/mol. The third-order valence-electron chi connectivity index (χ3n) is 3.12. The van der Waals surface area contributed by atoms with Crippen molar-refractivity contribution in [1.29, 1.82) is 0 Å². The summed E-state index contributed by atoms with van der Waals surface area (Å²) in [6.45, 7) is 2.01. The first-order chi connectivity index (χ1) is 9.63. The lowest BCUT2D eigenvalue weighted by Gasteiger charge is -2.08. The molecule has 1 heterocycles. The quantitative estimate of drug-likeness (QED) is 0.877. The molecule has 0 radical (unpaired) electrons. The smallest absolute Gasteiger partial charge is 0.350 e. The van der Waals surface area contributed by atoms with Gasteiger partial charge in [0.05, 0.1) is 19.9 Å². The summed E-state index contributed by atoms with van der Waals surface area (Å²) in [6, 6.07) is 7.70. The Morgan fingerprint density at radius 1 is 1.30 bits per heavy atom. The second-order valence-electron chi connectivity index (χ2n) is 4.20. The van der Waals surface area contributed by atoms with E-state index in [0.717, 1.165) is 28.2 Å². The summed E-state index contributed by atoms with van der Waals surface area (Å²) in [5.41, 5.74) is 8.50. The lowest BCUT2D eigenvalue weighted by molar-refractivity contribution is 0.0607. The van der Waals surface area contributed by atoms with Crippen molar-refractivity contribution in [1.82, 2.24) is 0 Å². The van der Waals surface area contributed by atoms with Crippen LogP contribution in [0, 0.1) is 0 Å². The first kappa shape index (κ1) is 14.4. The van der Waals surface area contributed by atoms with Gasteiger partial charge >= 0.3 is 5.97 Å². The Kier molecular flexibility index (Phi) is 4.29. The van der Waals surface area contributed by atoms with Crippen LogP contribution in [0.15, 0.2) is 24.3 Å². The number of carbonyl (C=O) groups is 1. The Bertz CT molecular complexity index is 634. The van der Waals surface area contributed by atoms with Crippen LogP contribution in [0.2, 0.25) is 0 Å². The normalized spacial score (nSPS) is 10.3. The minimum absolute atomic E-state index is 0.400. The fourth-order valence-corrected chi connectivity index (χ4v) is 3.38. The highest BCUT2D eigenvalue weighted by atomic mass is 32.1. The van der Waals surface area contributed by atoms with Crippen LogP contribution >= 0.6 is 11.3 Å². The summed E-state index contributed by atoms with van der Waals surface area (Å²) >= 11 is 1.35. The Labute approximate surface area is 122 Å². The van der Waals surface area contributed by atoms with Crippen LogP contribution in [-0.4, -0.2) is 20.2 Å². The van der Waals surface area contributed by atoms with Crippen molar-refractivity contribution < 1.29 is 14.3 Å². The summed E-state index contributed by atoms with van der Waals surface area (Å²) < 4.78 is 10.2.